The maximum absolute atomic E-state index is 11.1. The van der Waals surface area contributed by atoms with Crippen molar-refractivity contribution in [2.45, 2.75) is 12.2 Å². The van der Waals surface area contributed by atoms with Crippen molar-refractivity contribution >= 4 is 22.7 Å². The minimum absolute atomic E-state index is 0.0461. The van der Waals surface area contributed by atoms with Gasteiger partial charge in [0.25, 0.3) is 5.91 Å². The summed E-state index contributed by atoms with van der Waals surface area (Å²) in [5, 5.41) is 0.737. The van der Waals surface area contributed by atoms with E-state index in [1.165, 1.54) is 11.8 Å². The number of rotatable bonds is 1. The Labute approximate surface area is 80.3 Å². The molecule has 1 aliphatic heterocycles. The van der Waals surface area contributed by atoms with Crippen LogP contribution in [-0.2, 0) is 4.79 Å². The largest absolute Gasteiger partial charge is 0.271 e. The molecule has 2 rings (SSSR count). The van der Waals surface area contributed by atoms with Gasteiger partial charge in [-0.05, 0) is 19.1 Å². The van der Waals surface area contributed by atoms with Crippen molar-refractivity contribution in [1.82, 2.24) is 4.98 Å². The van der Waals surface area contributed by atoms with Gasteiger partial charge < -0.3 is 0 Å². The Morgan fingerprint density at radius 2 is 2.38 bits per heavy atom. The summed E-state index contributed by atoms with van der Waals surface area (Å²) in [6.07, 6.45) is 3.42. The Morgan fingerprint density at radius 1 is 1.54 bits per heavy atom. The molecular weight excluding hydrogens is 184 g/mol. The molecule has 1 aromatic rings. The average Bonchev–Trinajstić information content (AvgIpc) is 2.49. The first kappa shape index (κ1) is 8.44. The van der Waals surface area contributed by atoms with Gasteiger partial charge in [-0.1, -0.05) is 11.8 Å². The Hall–Kier alpha value is -1.16. The Morgan fingerprint density at radius 3 is 2.92 bits per heavy atom. The van der Waals surface area contributed by atoms with Crippen molar-refractivity contribution in [2.75, 3.05) is 0 Å². The first-order valence-corrected chi connectivity index (χ1v) is 4.85. The molecule has 0 fully saturated rings. The minimum Gasteiger partial charge on any atom is -0.271 e. The highest BCUT2D eigenvalue weighted by Crippen LogP contribution is 2.25. The molecule has 0 radical (unpaired) electrons. The quantitative estimate of drug-likeness (QED) is 0.677. The van der Waals surface area contributed by atoms with Gasteiger partial charge in [-0.3, -0.25) is 9.78 Å². The van der Waals surface area contributed by atoms with E-state index in [0.717, 1.165) is 10.6 Å². The molecule has 4 heteroatoms. The van der Waals surface area contributed by atoms with E-state index in [4.69, 9.17) is 0 Å². The average molecular weight is 192 g/mol. The van der Waals surface area contributed by atoms with Crippen LogP contribution in [0.25, 0.3) is 0 Å². The molecule has 0 bridgehead atoms. The van der Waals surface area contributed by atoms with Crippen LogP contribution in [0.5, 0.6) is 0 Å². The summed E-state index contributed by atoms with van der Waals surface area (Å²) in [6, 6.07) is 3.75. The molecule has 0 aliphatic carbocycles. The van der Waals surface area contributed by atoms with Crippen LogP contribution < -0.4 is 0 Å². The maximum Gasteiger partial charge on any atom is 0.259 e. The summed E-state index contributed by atoms with van der Waals surface area (Å²) < 4.78 is 0. The van der Waals surface area contributed by atoms with Crippen molar-refractivity contribution in [3.63, 3.8) is 0 Å². The van der Waals surface area contributed by atoms with Crippen LogP contribution in [0.15, 0.2) is 29.5 Å². The minimum atomic E-state index is -0.0520. The summed E-state index contributed by atoms with van der Waals surface area (Å²) >= 11 is 1.49. The molecule has 0 N–H and O–H groups in total. The lowest BCUT2D eigenvalue weighted by molar-refractivity contribution is -0.116. The van der Waals surface area contributed by atoms with Crippen molar-refractivity contribution < 1.29 is 4.79 Å². The number of carbonyl (C=O) groups is 1. The van der Waals surface area contributed by atoms with Crippen molar-refractivity contribution in [1.29, 1.82) is 0 Å². The highest BCUT2D eigenvalue weighted by molar-refractivity contribution is 8.16. The van der Waals surface area contributed by atoms with Crippen LogP contribution in [0.2, 0.25) is 0 Å². The molecule has 3 nitrogen and oxygen atoms in total. The molecule has 1 atom stereocenters. The molecular formula is C9H8N2OS. The van der Waals surface area contributed by atoms with E-state index in [1.54, 1.807) is 12.4 Å². The van der Waals surface area contributed by atoms with Gasteiger partial charge in [0.1, 0.15) is 5.04 Å². The maximum atomic E-state index is 11.1. The summed E-state index contributed by atoms with van der Waals surface area (Å²) in [7, 11) is 0. The van der Waals surface area contributed by atoms with Crippen molar-refractivity contribution in [3.05, 3.63) is 30.1 Å². The molecule has 0 aromatic carbocycles. The van der Waals surface area contributed by atoms with E-state index < -0.39 is 0 Å². The Balaban J connectivity index is 2.30. The fourth-order valence-corrected chi connectivity index (χ4v) is 1.94. The van der Waals surface area contributed by atoms with E-state index in [2.05, 4.69) is 9.98 Å². The number of aliphatic imine (C=N–C) groups is 1. The second kappa shape index (κ2) is 3.30. The smallest absolute Gasteiger partial charge is 0.259 e. The van der Waals surface area contributed by atoms with Gasteiger partial charge >= 0.3 is 0 Å². The van der Waals surface area contributed by atoms with Crippen LogP contribution in [0.3, 0.4) is 0 Å². The lowest BCUT2D eigenvalue weighted by Gasteiger charge is -1.98. The lowest BCUT2D eigenvalue weighted by Crippen LogP contribution is -2.02. The lowest BCUT2D eigenvalue weighted by atomic mass is 10.3. The number of aromatic nitrogens is 1. The molecule has 13 heavy (non-hydrogen) atoms. The first-order valence-electron chi connectivity index (χ1n) is 3.97. The highest BCUT2D eigenvalue weighted by Gasteiger charge is 2.24. The van der Waals surface area contributed by atoms with Crippen LogP contribution in [0.4, 0.5) is 0 Å². The summed E-state index contributed by atoms with van der Waals surface area (Å²) in [4.78, 5) is 19.0. The molecule has 2 heterocycles. The van der Waals surface area contributed by atoms with E-state index in [-0.39, 0.29) is 11.2 Å². The number of pyridine rings is 1. The fraction of sp³-hybridized carbons (Fsp3) is 0.222. The van der Waals surface area contributed by atoms with Crippen LogP contribution >= 0.6 is 11.8 Å². The third kappa shape index (κ3) is 1.62. The van der Waals surface area contributed by atoms with Crippen molar-refractivity contribution in [3.8, 4) is 0 Å². The first-order chi connectivity index (χ1) is 6.27. The van der Waals surface area contributed by atoms with Gasteiger partial charge in [-0.25, -0.2) is 4.99 Å². The van der Waals surface area contributed by atoms with E-state index >= 15 is 0 Å². The molecule has 66 valence electrons. The SMILES string of the molecule is CC1SC(c2cccnc2)=NC1=O. The summed E-state index contributed by atoms with van der Waals surface area (Å²) in [5.41, 5.74) is 0.921. The zero-order chi connectivity index (χ0) is 9.26. The van der Waals surface area contributed by atoms with Crippen LogP contribution in [0, 0.1) is 0 Å². The molecule has 0 saturated carbocycles. The van der Waals surface area contributed by atoms with Crippen molar-refractivity contribution in [2.24, 2.45) is 4.99 Å². The number of hydrogen-bond acceptors (Lipinski definition) is 3. The van der Waals surface area contributed by atoms with Gasteiger partial charge in [0, 0.05) is 18.0 Å². The number of carbonyl (C=O) groups excluding carboxylic acids is 1. The summed E-state index contributed by atoms with van der Waals surface area (Å²) in [6.45, 7) is 1.86. The fourth-order valence-electron chi connectivity index (χ4n) is 1.06. The highest BCUT2D eigenvalue weighted by atomic mass is 32.2. The molecule has 1 aliphatic rings. The third-order valence-electron chi connectivity index (χ3n) is 1.76. The number of hydrogen-bond donors (Lipinski definition) is 0. The molecule has 1 unspecified atom stereocenters. The van der Waals surface area contributed by atoms with Gasteiger partial charge in [-0.15, -0.1) is 0 Å². The molecule has 0 saturated heterocycles. The number of nitrogens with zero attached hydrogens (tertiary/aromatic N) is 2. The third-order valence-corrected chi connectivity index (χ3v) is 2.86. The van der Waals surface area contributed by atoms with Gasteiger partial charge in [0.05, 0.1) is 5.25 Å². The van der Waals surface area contributed by atoms with Gasteiger partial charge in [0.15, 0.2) is 0 Å². The predicted molar refractivity (Wildman–Crippen MR) is 52.8 cm³/mol. The zero-order valence-corrected chi connectivity index (χ0v) is 7.91. The second-order valence-corrected chi connectivity index (χ2v) is 4.09. The predicted octanol–water partition coefficient (Wildman–Crippen LogP) is 1.49. The molecule has 0 spiro atoms. The number of amides is 1. The second-order valence-electron chi connectivity index (χ2n) is 2.76. The van der Waals surface area contributed by atoms with Crippen LogP contribution in [-0.4, -0.2) is 21.2 Å². The molecule has 1 aromatic heterocycles. The van der Waals surface area contributed by atoms with Gasteiger partial charge in [0.2, 0.25) is 0 Å². The Bertz CT molecular complexity index is 361. The normalized spacial score (nSPS) is 21.8. The summed E-state index contributed by atoms with van der Waals surface area (Å²) in [5.74, 6) is -0.0520. The standard InChI is InChI=1S/C9H8N2OS/c1-6-8(12)11-9(13-6)7-3-2-4-10-5-7/h2-6H,1H3. The van der Waals surface area contributed by atoms with Crippen LogP contribution in [0.1, 0.15) is 12.5 Å². The topological polar surface area (TPSA) is 42.3 Å². The molecule has 1 amide bonds. The van der Waals surface area contributed by atoms with E-state index in [0.29, 0.717) is 0 Å². The van der Waals surface area contributed by atoms with E-state index in [1.807, 2.05) is 19.1 Å². The van der Waals surface area contributed by atoms with E-state index in [9.17, 15) is 4.79 Å². The zero-order valence-electron chi connectivity index (χ0n) is 7.10. The Kier molecular flexibility index (Phi) is 2.14. The number of thioether (sulfide) groups is 1. The monoisotopic (exact) mass is 192 g/mol. The van der Waals surface area contributed by atoms with Gasteiger partial charge in [-0.2, -0.15) is 0 Å².